The quantitative estimate of drug-likeness (QED) is 0.843. The molecule has 128 valence electrons. The van der Waals surface area contributed by atoms with E-state index in [0.717, 1.165) is 24.7 Å². The first kappa shape index (κ1) is 17.9. The van der Waals surface area contributed by atoms with Gasteiger partial charge in [-0.3, -0.25) is 4.79 Å². The van der Waals surface area contributed by atoms with E-state index in [-0.39, 0.29) is 24.5 Å². The SMILES string of the molecule is CN(CCNS(C)(=O)=O)C(=O)C1CCCOC1c1ccccc1. The second kappa shape index (κ2) is 7.90. The summed E-state index contributed by atoms with van der Waals surface area (Å²) in [6.07, 6.45) is 2.51. The van der Waals surface area contributed by atoms with E-state index in [1.807, 2.05) is 30.3 Å². The van der Waals surface area contributed by atoms with Gasteiger partial charge in [-0.05, 0) is 18.4 Å². The summed E-state index contributed by atoms with van der Waals surface area (Å²) in [4.78, 5) is 14.3. The van der Waals surface area contributed by atoms with Crippen LogP contribution in [0.3, 0.4) is 0 Å². The molecule has 0 saturated carbocycles. The van der Waals surface area contributed by atoms with Crippen molar-refractivity contribution in [1.82, 2.24) is 9.62 Å². The molecule has 2 unspecified atom stereocenters. The summed E-state index contributed by atoms with van der Waals surface area (Å²) in [5, 5.41) is 0. The molecule has 1 saturated heterocycles. The first-order chi connectivity index (χ1) is 10.9. The van der Waals surface area contributed by atoms with E-state index in [0.29, 0.717) is 13.2 Å². The molecule has 1 N–H and O–H groups in total. The lowest BCUT2D eigenvalue weighted by Gasteiger charge is -2.33. The van der Waals surface area contributed by atoms with Crippen LogP contribution in [0.5, 0.6) is 0 Å². The van der Waals surface area contributed by atoms with Crippen LogP contribution < -0.4 is 4.72 Å². The third-order valence-corrected chi connectivity index (χ3v) is 4.68. The lowest BCUT2D eigenvalue weighted by molar-refractivity contribution is -0.144. The van der Waals surface area contributed by atoms with Crippen molar-refractivity contribution in [1.29, 1.82) is 0 Å². The van der Waals surface area contributed by atoms with E-state index in [1.165, 1.54) is 0 Å². The number of carbonyl (C=O) groups is 1. The van der Waals surface area contributed by atoms with E-state index >= 15 is 0 Å². The standard InChI is InChI=1S/C16H24N2O4S/c1-18(11-10-17-23(2,20)21)16(19)14-9-6-12-22-15(14)13-7-4-3-5-8-13/h3-5,7-8,14-15,17H,6,9-12H2,1-2H3. The summed E-state index contributed by atoms with van der Waals surface area (Å²) in [6.45, 7) is 1.21. The number of hydrogen-bond acceptors (Lipinski definition) is 4. The highest BCUT2D eigenvalue weighted by Gasteiger charge is 2.34. The van der Waals surface area contributed by atoms with E-state index in [9.17, 15) is 13.2 Å². The van der Waals surface area contributed by atoms with Crippen molar-refractivity contribution in [2.75, 3.05) is 33.0 Å². The fourth-order valence-corrected chi connectivity index (χ4v) is 3.26. The molecule has 0 aromatic heterocycles. The highest BCUT2D eigenvalue weighted by Crippen LogP contribution is 2.34. The summed E-state index contributed by atoms with van der Waals surface area (Å²) >= 11 is 0. The highest BCUT2D eigenvalue weighted by atomic mass is 32.2. The Morgan fingerprint density at radius 2 is 2.04 bits per heavy atom. The maximum Gasteiger partial charge on any atom is 0.228 e. The largest absolute Gasteiger partial charge is 0.373 e. The fourth-order valence-electron chi connectivity index (χ4n) is 2.80. The van der Waals surface area contributed by atoms with Gasteiger partial charge in [0.2, 0.25) is 15.9 Å². The Labute approximate surface area is 137 Å². The van der Waals surface area contributed by atoms with Crippen LogP contribution in [0.4, 0.5) is 0 Å². The Morgan fingerprint density at radius 3 is 2.70 bits per heavy atom. The molecule has 0 spiro atoms. The number of likely N-dealkylation sites (N-methyl/N-ethyl adjacent to an activating group) is 1. The molecule has 1 amide bonds. The molecule has 0 aliphatic carbocycles. The van der Waals surface area contributed by atoms with Gasteiger partial charge in [-0.2, -0.15) is 0 Å². The molecular formula is C16H24N2O4S. The molecule has 7 heteroatoms. The predicted molar refractivity (Wildman–Crippen MR) is 88.3 cm³/mol. The number of ether oxygens (including phenoxy) is 1. The Balaban J connectivity index is 2.00. The Kier molecular flexibility index (Phi) is 6.15. The molecule has 1 aliphatic heterocycles. The minimum absolute atomic E-state index is 0.00569. The third kappa shape index (κ3) is 5.30. The van der Waals surface area contributed by atoms with Gasteiger partial charge >= 0.3 is 0 Å². The number of amides is 1. The monoisotopic (exact) mass is 340 g/mol. The molecule has 1 aliphatic rings. The van der Waals surface area contributed by atoms with Crippen LogP contribution in [0, 0.1) is 5.92 Å². The van der Waals surface area contributed by atoms with Crippen LogP contribution >= 0.6 is 0 Å². The summed E-state index contributed by atoms with van der Waals surface area (Å²) in [5.74, 6) is -0.233. The smallest absolute Gasteiger partial charge is 0.228 e. The van der Waals surface area contributed by atoms with Crippen LogP contribution in [0.2, 0.25) is 0 Å². The molecule has 23 heavy (non-hydrogen) atoms. The average molecular weight is 340 g/mol. The second-order valence-electron chi connectivity index (χ2n) is 5.88. The maximum atomic E-state index is 12.7. The maximum absolute atomic E-state index is 12.7. The van der Waals surface area contributed by atoms with Gasteiger partial charge in [0.1, 0.15) is 0 Å². The zero-order chi connectivity index (χ0) is 16.9. The summed E-state index contributed by atoms with van der Waals surface area (Å²) < 4.78 is 30.4. The number of carbonyl (C=O) groups excluding carboxylic acids is 1. The number of benzene rings is 1. The van der Waals surface area contributed by atoms with Crippen LogP contribution in [0.25, 0.3) is 0 Å². The minimum atomic E-state index is -3.24. The molecule has 2 rings (SSSR count). The van der Waals surface area contributed by atoms with Crippen molar-refractivity contribution in [2.45, 2.75) is 18.9 Å². The van der Waals surface area contributed by atoms with Gasteiger partial charge in [0.05, 0.1) is 18.3 Å². The Hall–Kier alpha value is -1.44. The van der Waals surface area contributed by atoms with Gasteiger partial charge < -0.3 is 9.64 Å². The summed E-state index contributed by atoms with van der Waals surface area (Å²) in [6, 6.07) is 9.76. The highest BCUT2D eigenvalue weighted by molar-refractivity contribution is 7.88. The minimum Gasteiger partial charge on any atom is -0.373 e. The molecular weight excluding hydrogens is 316 g/mol. The van der Waals surface area contributed by atoms with E-state index in [1.54, 1.807) is 11.9 Å². The van der Waals surface area contributed by atoms with E-state index < -0.39 is 10.0 Å². The van der Waals surface area contributed by atoms with Crippen molar-refractivity contribution >= 4 is 15.9 Å². The number of nitrogens with zero attached hydrogens (tertiary/aromatic N) is 1. The third-order valence-electron chi connectivity index (χ3n) is 3.96. The Morgan fingerprint density at radius 1 is 1.35 bits per heavy atom. The molecule has 0 radical (unpaired) electrons. The zero-order valence-corrected chi connectivity index (χ0v) is 14.4. The normalized spacial score (nSPS) is 21.8. The first-order valence-electron chi connectivity index (χ1n) is 7.74. The molecule has 1 fully saturated rings. The van der Waals surface area contributed by atoms with Crippen LogP contribution in [-0.4, -0.2) is 52.2 Å². The van der Waals surface area contributed by atoms with Crippen molar-refractivity contribution in [3.8, 4) is 0 Å². The van der Waals surface area contributed by atoms with Gasteiger partial charge in [-0.1, -0.05) is 30.3 Å². The molecule has 6 nitrogen and oxygen atoms in total. The Bertz CT molecular complexity index is 618. The van der Waals surface area contributed by atoms with E-state index in [2.05, 4.69) is 4.72 Å². The molecule has 1 aromatic rings. The zero-order valence-electron chi connectivity index (χ0n) is 13.6. The number of sulfonamides is 1. The van der Waals surface area contributed by atoms with Gasteiger partial charge in [0.25, 0.3) is 0 Å². The molecule has 0 bridgehead atoms. The number of hydrogen-bond donors (Lipinski definition) is 1. The number of rotatable bonds is 6. The van der Waals surface area contributed by atoms with Gasteiger partial charge in [-0.25, -0.2) is 13.1 Å². The second-order valence-corrected chi connectivity index (χ2v) is 7.71. The van der Waals surface area contributed by atoms with Crippen molar-refractivity contribution in [3.05, 3.63) is 35.9 Å². The van der Waals surface area contributed by atoms with Crippen molar-refractivity contribution in [2.24, 2.45) is 5.92 Å². The summed E-state index contributed by atoms with van der Waals surface area (Å²) in [7, 11) is -1.54. The van der Waals surface area contributed by atoms with Gasteiger partial charge in [0.15, 0.2) is 0 Å². The lowest BCUT2D eigenvalue weighted by atomic mass is 9.88. The topological polar surface area (TPSA) is 75.7 Å². The average Bonchev–Trinajstić information content (AvgIpc) is 2.53. The van der Waals surface area contributed by atoms with Gasteiger partial charge in [0, 0.05) is 26.7 Å². The van der Waals surface area contributed by atoms with Crippen LogP contribution in [-0.2, 0) is 19.6 Å². The number of nitrogens with one attached hydrogen (secondary N) is 1. The van der Waals surface area contributed by atoms with Crippen molar-refractivity contribution < 1.29 is 17.9 Å². The molecule has 2 atom stereocenters. The van der Waals surface area contributed by atoms with Crippen LogP contribution in [0.15, 0.2) is 30.3 Å². The van der Waals surface area contributed by atoms with Crippen LogP contribution in [0.1, 0.15) is 24.5 Å². The fraction of sp³-hybridized carbons (Fsp3) is 0.562. The van der Waals surface area contributed by atoms with Gasteiger partial charge in [-0.15, -0.1) is 0 Å². The lowest BCUT2D eigenvalue weighted by Crippen LogP contribution is -2.42. The predicted octanol–water partition coefficient (Wildman–Crippen LogP) is 1.16. The van der Waals surface area contributed by atoms with Crippen molar-refractivity contribution in [3.63, 3.8) is 0 Å². The molecule has 1 heterocycles. The summed E-state index contributed by atoms with van der Waals surface area (Å²) in [5.41, 5.74) is 1.01. The first-order valence-corrected chi connectivity index (χ1v) is 9.64. The van der Waals surface area contributed by atoms with E-state index in [4.69, 9.17) is 4.74 Å². The molecule has 1 aromatic carbocycles.